The number of hydrogen-bond acceptors (Lipinski definition) is 6. The number of carbonyl (C=O) groups is 3. The van der Waals surface area contributed by atoms with Gasteiger partial charge in [0.15, 0.2) is 6.10 Å². The molecule has 6 nitrogen and oxygen atoms in total. The lowest BCUT2D eigenvalue weighted by Crippen LogP contribution is -2.30. The molecule has 0 amide bonds. The van der Waals surface area contributed by atoms with Gasteiger partial charge >= 0.3 is 17.9 Å². The lowest BCUT2D eigenvalue weighted by molar-refractivity contribution is -0.167. The van der Waals surface area contributed by atoms with Crippen molar-refractivity contribution in [2.24, 2.45) is 0 Å². The molecule has 0 N–H and O–H groups in total. The van der Waals surface area contributed by atoms with Crippen LogP contribution in [0.2, 0.25) is 0 Å². The fourth-order valence-corrected chi connectivity index (χ4v) is 7.65. The van der Waals surface area contributed by atoms with Crippen molar-refractivity contribution in [1.29, 1.82) is 0 Å². The summed E-state index contributed by atoms with van der Waals surface area (Å²) in [7, 11) is 0. The molecule has 0 aromatic rings. The Balaban J connectivity index is 4.33. The maximum Gasteiger partial charge on any atom is 0.306 e. The SMILES string of the molecule is CC/C=C\C/C=C\C/C=C\C/C=C\C/C=C\C/C=C\C/C=C\CCCCCCCC(=O)OCC(COC(=O)CCCCCCC/C=C\CCC)OC(=O)CCCCCCC/C=C\CCCCCCCC. The Hall–Kier alpha value is -3.93. The van der Waals surface area contributed by atoms with Gasteiger partial charge in [-0.05, 0) is 122 Å². The molecule has 0 aromatic carbocycles. The fraction of sp³-hybridized carbons (Fsp3) is 0.672. The average Bonchev–Trinajstić information content (AvgIpc) is 3.36. The molecule has 0 saturated heterocycles. The molecule has 0 aliphatic heterocycles. The van der Waals surface area contributed by atoms with Crippen molar-refractivity contribution in [2.75, 3.05) is 13.2 Å². The molecular formula is C64H106O6. The quantitative estimate of drug-likeness (QED) is 0.0262. The lowest BCUT2D eigenvalue weighted by Gasteiger charge is -2.18. The van der Waals surface area contributed by atoms with Crippen LogP contribution in [0.15, 0.2) is 109 Å². The Labute approximate surface area is 431 Å². The zero-order valence-corrected chi connectivity index (χ0v) is 45.5. The molecule has 1 unspecified atom stereocenters. The molecule has 0 rings (SSSR count). The van der Waals surface area contributed by atoms with Gasteiger partial charge in [0.2, 0.25) is 0 Å². The summed E-state index contributed by atoms with van der Waals surface area (Å²) in [4.78, 5) is 38.0. The highest BCUT2D eigenvalue weighted by Crippen LogP contribution is 2.14. The van der Waals surface area contributed by atoms with Crippen LogP contribution in [0.25, 0.3) is 0 Å². The first kappa shape index (κ1) is 66.1. The second kappa shape index (κ2) is 57.6. The summed E-state index contributed by atoms with van der Waals surface area (Å²) in [6.45, 7) is 6.42. The minimum Gasteiger partial charge on any atom is -0.462 e. The molecule has 6 heteroatoms. The first-order valence-electron chi connectivity index (χ1n) is 28.9. The molecule has 0 aliphatic carbocycles. The van der Waals surface area contributed by atoms with Gasteiger partial charge in [-0.3, -0.25) is 14.4 Å². The molecule has 0 saturated carbocycles. The van der Waals surface area contributed by atoms with Gasteiger partial charge in [-0.25, -0.2) is 0 Å². The van der Waals surface area contributed by atoms with E-state index in [1.54, 1.807) is 0 Å². The number of ether oxygens (including phenoxy) is 3. The van der Waals surface area contributed by atoms with E-state index < -0.39 is 6.10 Å². The van der Waals surface area contributed by atoms with Crippen LogP contribution >= 0.6 is 0 Å². The van der Waals surface area contributed by atoms with Crippen LogP contribution in [0.4, 0.5) is 0 Å². The number of allylic oxidation sites excluding steroid dienone is 18. The van der Waals surface area contributed by atoms with E-state index in [-0.39, 0.29) is 31.1 Å². The molecular weight excluding hydrogens is 865 g/mol. The summed E-state index contributed by atoms with van der Waals surface area (Å²) in [6, 6.07) is 0. The second-order valence-corrected chi connectivity index (χ2v) is 18.8. The van der Waals surface area contributed by atoms with E-state index in [4.69, 9.17) is 14.2 Å². The Bertz CT molecular complexity index is 1440. The van der Waals surface area contributed by atoms with Crippen molar-refractivity contribution >= 4 is 17.9 Å². The van der Waals surface area contributed by atoms with E-state index in [1.807, 2.05) is 0 Å². The van der Waals surface area contributed by atoms with Crippen molar-refractivity contribution in [1.82, 2.24) is 0 Å². The Morgan fingerprint density at radius 1 is 0.300 bits per heavy atom. The van der Waals surface area contributed by atoms with Crippen LogP contribution < -0.4 is 0 Å². The molecule has 1 atom stereocenters. The second-order valence-electron chi connectivity index (χ2n) is 18.8. The molecule has 0 aliphatic rings. The highest BCUT2D eigenvalue weighted by Gasteiger charge is 2.19. The Morgan fingerprint density at radius 2 is 0.586 bits per heavy atom. The summed E-state index contributed by atoms with van der Waals surface area (Å²) < 4.78 is 16.8. The maximum absolute atomic E-state index is 12.8. The molecule has 0 spiro atoms. The number of rotatable bonds is 51. The van der Waals surface area contributed by atoms with Gasteiger partial charge in [0.25, 0.3) is 0 Å². The topological polar surface area (TPSA) is 78.9 Å². The smallest absolute Gasteiger partial charge is 0.306 e. The number of esters is 3. The molecule has 0 bridgehead atoms. The van der Waals surface area contributed by atoms with Gasteiger partial charge in [0.1, 0.15) is 13.2 Å². The predicted molar refractivity (Wildman–Crippen MR) is 302 cm³/mol. The van der Waals surface area contributed by atoms with E-state index in [1.165, 1.54) is 64.2 Å². The number of carbonyl (C=O) groups excluding carboxylic acids is 3. The highest BCUT2D eigenvalue weighted by molar-refractivity contribution is 5.71. The first-order chi connectivity index (χ1) is 34.5. The van der Waals surface area contributed by atoms with E-state index in [9.17, 15) is 14.4 Å². The van der Waals surface area contributed by atoms with Gasteiger partial charge in [-0.15, -0.1) is 0 Å². The maximum atomic E-state index is 12.8. The van der Waals surface area contributed by atoms with Gasteiger partial charge in [0.05, 0.1) is 0 Å². The van der Waals surface area contributed by atoms with Crippen LogP contribution in [0, 0.1) is 0 Å². The number of unbranched alkanes of at least 4 members (excludes halogenated alkanes) is 22. The predicted octanol–water partition coefficient (Wildman–Crippen LogP) is 19.5. The summed E-state index contributed by atoms with van der Waals surface area (Å²) in [6.07, 6.45) is 78.0. The number of hydrogen-bond donors (Lipinski definition) is 0. The van der Waals surface area contributed by atoms with Crippen molar-refractivity contribution in [3.63, 3.8) is 0 Å². The third kappa shape index (κ3) is 55.0. The zero-order chi connectivity index (χ0) is 50.7. The van der Waals surface area contributed by atoms with Crippen molar-refractivity contribution in [3.8, 4) is 0 Å². The normalized spacial score (nSPS) is 12.9. The van der Waals surface area contributed by atoms with Crippen LogP contribution in [-0.2, 0) is 28.6 Å². The first-order valence-corrected chi connectivity index (χ1v) is 28.9. The summed E-state index contributed by atoms with van der Waals surface area (Å²) in [5, 5.41) is 0. The van der Waals surface area contributed by atoms with E-state index in [0.29, 0.717) is 19.3 Å². The van der Waals surface area contributed by atoms with Gasteiger partial charge < -0.3 is 14.2 Å². The van der Waals surface area contributed by atoms with E-state index in [0.717, 1.165) is 154 Å². The third-order valence-electron chi connectivity index (χ3n) is 12.0. The summed E-state index contributed by atoms with van der Waals surface area (Å²) in [5.74, 6) is -0.932. The molecule has 0 heterocycles. The van der Waals surface area contributed by atoms with Crippen molar-refractivity contribution in [3.05, 3.63) is 109 Å². The monoisotopic (exact) mass is 971 g/mol. The molecule has 0 fully saturated rings. The molecule has 70 heavy (non-hydrogen) atoms. The summed E-state index contributed by atoms with van der Waals surface area (Å²) >= 11 is 0. The Kier molecular flexibility index (Phi) is 54.4. The largest absolute Gasteiger partial charge is 0.462 e. The van der Waals surface area contributed by atoms with E-state index in [2.05, 4.69) is 130 Å². The van der Waals surface area contributed by atoms with Crippen LogP contribution in [-0.4, -0.2) is 37.2 Å². The zero-order valence-electron chi connectivity index (χ0n) is 45.5. The molecule has 0 aromatic heterocycles. The average molecular weight is 972 g/mol. The van der Waals surface area contributed by atoms with Gasteiger partial charge in [-0.2, -0.15) is 0 Å². The molecule has 0 radical (unpaired) electrons. The van der Waals surface area contributed by atoms with Crippen LogP contribution in [0.5, 0.6) is 0 Å². The highest BCUT2D eigenvalue weighted by atomic mass is 16.6. The summed E-state index contributed by atoms with van der Waals surface area (Å²) in [5.41, 5.74) is 0. The van der Waals surface area contributed by atoms with Crippen LogP contribution in [0.1, 0.15) is 258 Å². The third-order valence-corrected chi connectivity index (χ3v) is 12.0. The Morgan fingerprint density at radius 3 is 0.943 bits per heavy atom. The van der Waals surface area contributed by atoms with Crippen molar-refractivity contribution in [2.45, 2.75) is 264 Å². The lowest BCUT2D eigenvalue weighted by atomic mass is 10.1. The fourth-order valence-electron chi connectivity index (χ4n) is 7.65. The minimum absolute atomic E-state index is 0.0931. The van der Waals surface area contributed by atoms with Gasteiger partial charge in [-0.1, -0.05) is 226 Å². The van der Waals surface area contributed by atoms with Crippen molar-refractivity contribution < 1.29 is 28.6 Å². The minimum atomic E-state index is -0.795. The van der Waals surface area contributed by atoms with Crippen LogP contribution in [0.3, 0.4) is 0 Å². The molecule has 398 valence electrons. The van der Waals surface area contributed by atoms with E-state index >= 15 is 0 Å². The standard InChI is InChI=1S/C64H106O6/c1-4-7-10-13-16-19-22-24-26-27-28-29-30-31-32-33-34-35-36-37-39-40-42-45-48-51-54-57-63(66)69-60-61(59-68-62(65)56-53-50-47-44-21-18-15-12-9-6-3)70-64(67)58-55-52-49-46-43-41-38-25-23-20-17-14-11-8-5-2/h7,10,12,15-16,19,24-26,28-29,31-32,34-35,37-39,61H,4-6,8-9,11,13-14,17-18,20-23,27,30,33,36,40-60H2,1-3H3/b10-7-,15-12-,19-16-,26-24-,29-28-,32-31-,35-34-,38-25-,39-37-. The van der Waals surface area contributed by atoms with Gasteiger partial charge in [0, 0.05) is 19.3 Å².